The van der Waals surface area contributed by atoms with E-state index in [2.05, 4.69) is 4.98 Å². The summed E-state index contributed by atoms with van der Waals surface area (Å²) < 4.78 is 5.67. The third-order valence-electron chi connectivity index (χ3n) is 2.42. The van der Waals surface area contributed by atoms with Crippen molar-refractivity contribution in [1.82, 2.24) is 4.98 Å². The minimum atomic E-state index is 0.312. The van der Waals surface area contributed by atoms with Crippen LogP contribution in [0, 0.1) is 6.92 Å². The van der Waals surface area contributed by atoms with Crippen LogP contribution in [0.1, 0.15) is 11.1 Å². The molecule has 2 nitrogen and oxygen atoms in total. The number of benzene rings is 1. The van der Waals surface area contributed by atoms with Gasteiger partial charge in [0.15, 0.2) is 0 Å². The zero-order chi connectivity index (χ0) is 13.1. The van der Waals surface area contributed by atoms with Gasteiger partial charge >= 0.3 is 0 Å². The Morgan fingerprint density at radius 1 is 1.22 bits per heavy atom. The maximum absolute atomic E-state index is 5.93. The first kappa shape index (κ1) is 13.5. The molecule has 0 aliphatic rings. The van der Waals surface area contributed by atoms with E-state index in [0.29, 0.717) is 27.6 Å². The lowest BCUT2D eigenvalue weighted by atomic mass is 10.2. The van der Waals surface area contributed by atoms with E-state index in [4.69, 9.17) is 39.5 Å². The summed E-state index contributed by atoms with van der Waals surface area (Å²) >= 11 is 17.6. The number of nitrogens with zero attached hydrogens (tertiary/aromatic N) is 1. The van der Waals surface area contributed by atoms with Crippen LogP contribution in [0.25, 0.3) is 0 Å². The lowest BCUT2D eigenvalue weighted by molar-refractivity contribution is 0.459. The molecule has 0 saturated heterocycles. The summed E-state index contributed by atoms with van der Waals surface area (Å²) in [6.07, 6.45) is 1.52. The SMILES string of the molecule is Cc1ccc(Cl)cc1Oc1cc(CCl)c(Cl)cn1. The van der Waals surface area contributed by atoms with Crippen molar-refractivity contribution in [2.75, 3.05) is 0 Å². The number of aryl methyl sites for hydroxylation is 1. The highest BCUT2D eigenvalue weighted by atomic mass is 35.5. The molecule has 0 spiro atoms. The number of rotatable bonds is 3. The van der Waals surface area contributed by atoms with Crippen molar-refractivity contribution in [3.63, 3.8) is 0 Å². The van der Waals surface area contributed by atoms with E-state index in [9.17, 15) is 0 Å². The highest BCUT2D eigenvalue weighted by Crippen LogP contribution is 2.29. The fraction of sp³-hybridized carbons (Fsp3) is 0.154. The molecular weight excluding hydrogens is 293 g/mol. The van der Waals surface area contributed by atoms with Crippen molar-refractivity contribution >= 4 is 34.8 Å². The number of hydrogen-bond donors (Lipinski definition) is 0. The second-order valence-electron chi connectivity index (χ2n) is 3.76. The number of halogens is 3. The molecule has 1 heterocycles. The molecule has 0 unspecified atom stereocenters. The summed E-state index contributed by atoms with van der Waals surface area (Å²) in [5.74, 6) is 1.42. The number of ether oxygens (including phenoxy) is 1. The minimum Gasteiger partial charge on any atom is -0.439 e. The molecule has 2 rings (SSSR count). The first-order valence-electron chi connectivity index (χ1n) is 5.24. The Bertz CT molecular complexity index is 572. The molecule has 2 aromatic rings. The van der Waals surface area contributed by atoms with Gasteiger partial charge in [-0.1, -0.05) is 29.3 Å². The molecule has 0 saturated carbocycles. The molecule has 5 heteroatoms. The quantitative estimate of drug-likeness (QED) is 0.724. The van der Waals surface area contributed by atoms with Crippen LogP contribution in [0.15, 0.2) is 30.5 Å². The summed E-state index contributed by atoms with van der Waals surface area (Å²) in [7, 11) is 0. The summed E-state index contributed by atoms with van der Waals surface area (Å²) in [6.45, 7) is 1.93. The molecule has 0 fully saturated rings. The Kier molecular flexibility index (Phi) is 4.33. The van der Waals surface area contributed by atoms with Gasteiger partial charge in [0, 0.05) is 23.2 Å². The molecule has 0 radical (unpaired) electrons. The Hall–Kier alpha value is -0.960. The van der Waals surface area contributed by atoms with Crippen LogP contribution in [0.5, 0.6) is 11.6 Å². The normalized spacial score (nSPS) is 10.4. The van der Waals surface area contributed by atoms with Gasteiger partial charge < -0.3 is 4.74 Å². The van der Waals surface area contributed by atoms with Crippen LogP contribution in [-0.4, -0.2) is 4.98 Å². The number of pyridine rings is 1. The van der Waals surface area contributed by atoms with Gasteiger partial charge in [0.25, 0.3) is 0 Å². The topological polar surface area (TPSA) is 22.1 Å². The Morgan fingerprint density at radius 3 is 2.72 bits per heavy atom. The van der Waals surface area contributed by atoms with E-state index in [1.54, 1.807) is 12.1 Å². The molecule has 1 aromatic carbocycles. The van der Waals surface area contributed by atoms with E-state index in [-0.39, 0.29) is 0 Å². The zero-order valence-corrected chi connectivity index (χ0v) is 11.9. The Morgan fingerprint density at radius 2 is 2.00 bits per heavy atom. The second-order valence-corrected chi connectivity index (χ2v) is 4.87. The first-order chi connectivity index (χ1) is 8.60. The largest absolute Gasteiger partial charge is 0.439 e. The van der Waals surface area contributed by atoms with Crippen molar-refractivity contribution in [1.29, 1.82) is 0 Å². The van der Waals surface area contributed by atoms with Gasteiger partial charge in [0.1, 0.15) is 5.75 Å². The fourth-order valence-electron chi connectivity index (χ4n) is 1.41. The third kappa shape index (κ3) is 3.08. The molecule has 1 aromatic heterocycles. The fourth-order valence-corrected chi connectivity index (χ4v) is 2.04. The molecule has 0 aliphatic heterocycles. The first-order valence-corrected chi connectivity index (χ1v) is 6.53. The smallest absolute Gasteiger partial charge is 0.219 e. The van der Waals surface area contributed by atoms with Crippen molar-refractivity contribution in [2.45, 2.75) is 12.8 Å². The van der Waals surface area contributed by atoms with Gasteiger partial charge in [-0.3, -0.25) is 0 Å². The van der Waals surface area contributed by atoms with Crippen molar-refractivity contribution < 1.29 is 4.74 Å². The van der Waals surface area contributed by atoms with Gasteiger partial charge in [-0.05, 0) is 30.2 Å². The van der Waals surface area contributed by atoms with Crippen LogP contribution in [0.3, 0.4) is 0 Å². The third-order valence-corrected chi connectivity index (χ3v) is 3.28. The highest BCUT2D eigenvalue weighted by molar-refractivity contribution is 6.32. The van der Waals surface area contributed by atoms with Gasteiger partial charge in [-0.2, -0.15) is 0 Å². The van der Waals surface area contributed by atoms with Gasteiger partial charge in [-0.15, -0.1) is 11.6 Å². The lowest BCUT2D eigenvalue weighted by Gasteiger charge is -2.09. The molecular formula is C13H10Cl3NO. The summed E-state index contributed by atoms with van der Waals surface area (Å²) in [6, 6.07) is 7.16. The average molecular weight is 303 g/mol. The van der Waals surface area contributed by atoms with E-state index < -0.39 is 0 Å². The molecule has 94 valence electrons. The zero-order valence-electron chi connectivity index (χ0n) is 9.58. The number of alkyl halides is 1. The van der Waals surface area contributed by atoms with Crippen molar-refractivity contribution in [3.8, 4) is 11.6 Å². The average Bonchev–Trinajstić information content (AvgIpc) is 2.36. The Balaban J connectivity index is 2.31. The molecule has 0 aliphatic carbocycles. The molecule has 0 bridgehead atoms. The number of hydrogen-bond acceptors (Lipinski definition) is 2. The highest BCUT2D eigenvalue weighted by Gasteiger charge is 2.07. The monoisotopic (exact) mass is 301 g/mol. The minimum absolute atomic E-state index is 0.312. The predicted molar refractivity (Wildman–Crippen MR) is 75.1 cm³/mol. The standard InChI is InChI=1S/C13H10Cl3NO/c1-8-2-3-10(15)5-12(8)18-13-4-9(6-14)11(16)7-17-13/h2-5,7H,6H2,1H3. The van der Waals surface area contributed by atoms with Crippen LogP contribution in [0.2, 0.25) is 10.0 Å². The van der Waals surface area contributed by atoms with Gasteiger partial charge in [0.2, 0.25) is 5.88 Å². The molecule has 0 amide bonds. The van der Waals surface area contributed by atoms with E-state index in [1.807, 2.05) is 19.1 Å². The van der Waals surface area contributed by atoms with Crippen LogP contribution in [-0.2, 0) is 5.88 Å². The summed E-state index contributed by atoms with van der Waals surface area (Å²) in [5, 5.41) is 1.14. The van der Waals surface area contributed by atoms with E-state index in [1.165, 1.54) is 6.20 Å². The number of aromatic nitrogens is 1. The summed E-state index contributed by atoms with van der Waals surface area (Å²) in [5.41, 5.74) is 1.76. The maximum Gasteiger partial charge on any atom is 0.219 e. The van der Waals surface area contributed by atoms with Gasteiger partial charge in [0.05, 0.1) is 5.02 Å². The van der Waals surface area contributed by atoms with Crippen molar-refractivity contribution in [2.24, 2.45) is 0 Å². The second kappa shape index (κ2) is 5.79. The molecule has 0 atom stereocenters. The Labute approximate surface area is 120 Å². The molecule has 18 heavy (non-hydrogen) atoms. The van der Waals surface area contributed by atoms with Crippen molar-refractivity contribution in [3.05, 3.63) is 51.6 Å². The summed E-state index contributed by atoms with van der Waals surface area (Å²) in [4.78, 5) is 4.10. The van der Waals surface area contributed by atoms with E-state index >= 15 is 0 Å². The molecule has 0 N–H and O–H groups in total. The van der Waals surface area contributed by atoms with Crippen LogP contribution < -0.4 is 4.74 Å². The maximum atomic E-state index is 5.93. The lowest BCUT2D eigenvalue weighted by Crippen LogP contribution is -1.92. The van der Waals surface area contributed by atoms with Gasteiger partial charge in [-0.25, -0.2) is 4.98 Å². The van der Waals surface area contributed by atoms with Crippen LogP contribution in [0.4, 0.5) is 0 Å². The van der Waals surface area contributed by atoms with E-state index in [0.717, 1.165) is 11.1 Å². The van der Waals surface area contributed by atoms with Crippen LogP contribution >= 0.6 is 34.8 Å². The predicted octanol–water partition coefficient (Wildman–Crippen LogP) is 5.23.